The molecule has 0 bridgehead atoms. The molecule has 0 aromatic carbocycles. The molecule has 3 nitrogen and oxygen atoms in total. The second-order valence-electron chi connectivity index (χ2n) is 2.10. The van der Waals surface area contributed by atoms with Crippen molar-refractivity contribution in [2.24, 2.45) is 11.5 Å². The maximum Gasteiger partial charge on any atom is 2.00 e. The summed E-state index contributed by atoms with van der Waals surface area (Å²) >= 11 is 16.5. The van der Waals surface area contributed by atoms with E-state index < -0.39 is 0 Å². The minimum atomic E-state index is 0. The van der Waals surface area contributed by atoms with Crippen LogP contribution in [-0.2, 0) is 42.0 Å². The third-order valence-corrected chi connectivity index (χ3v) is 0.957. The van der Waals surface area contributed by atoms with Crippen LogP contribution < -0.4 is 16.8 Å². The van der Waals surface area contributed by atoms with Crippen LogP contribution in [0.2, 0.25) is 0 Å². The van der Waals surface area contributed by atoms with E-state index in [0.29, 0.717) is 0 Å². The van der Waals surface area contributed by atoms with Crippen LogP contribution >= 0.6 is 24.4 Å². The van der Waals surface area contributed by atoms with Crippen LogP contribution in [0.3, 0.4) is 0 Å². The molecule has 0 spiro atoms. The molecule has 0 aromatic heterocycles. The monoisotopic (exact) mass is 314 g/mol. The van der Waals surface area contributed by atoms with Crippen LogP contribution in [0.25, 0.3) is 0 Å². The minimum Gasteiger partial charge on any atom is -0.415 e. The minimum absolute atomic E-state index is 0. The van der Waals surface area contributed by atoms with Gasteiger partial charge in [-0.25, -0.2) is 0 Å². The fourth-order valence-corrected chi connectivity index (χ4v) is 0.625. The number of thiocarbonyl (C=S) groups is 2. The Morgan fingerprint density at radius 1 is 1.00 bits per heavy atom. The van der Waals surface area contributed by atoms with E-state index in [2.05, 4.69) is 66.5 Å². The van der Waals surface area contributed by atoms with Gasteiger partial charge in [-0.2, -0.15) is 0 Å². The number of nitrogens with one attached hydrogen (secondary N) is 1. The molecule has 1 fully saturated rings. The van der Waals surface area contributed by atoms with Crippen molar-refractivity contribution in [1.82, 2.24) is 5.32 Å². The van der Waals surface area contributed by atoms with Gasteiger partial charge in [0.25, 0.3) is 0 Å². The van der Waals surface area contributed by atoms with Gasteiger partial charge >= 0.3 is 16.8 Å². The third kappa shape index (κ3) is 53.6. The fourth-order valence-electron chi connectivity index (χ4n) is 0.625. The molecular formula is C6H13CoN3S4. The van der Waals surface area contributed by atoms with Gasteiger partial charge in [0.05, 0.1) is 0 Å². The average Bonchev–Trinajstić information content (AvgIpc) is 2.35. The average molecular weight is 314 g/mol. The molecule has 8 heteroatoms. The van der Waals surface area contributed by atoms with Crippen molar-refractivity contribution in [1.29, 1.82) is 0 Å². The molecule has 1 aliphatic rings. The topological polar surface area (TPSA) is 64.1 Å². The van der Waals surface area contributed by atoms with E-state index in [4.69, 9.17) is 0 Å². The summed E-state index contributed by atoms with van der Waals surface area (Å²) in [5, 5.41) is 3.22. The van der Waals surface area contributed by atoms with E-state index in [1.54, 1.807) is 0 Å². The zero-order valence-electron chi connectivity index (χ0n) is 7.45. The van der Waals surface area contributed by atoms with Gasteiger partial charge < -0.3 is 66.5 Å². The van der Waals surface area contributed by atoms with Crippen LogP contribution in [0.15, 0.2) is 0 Å². The van der Waals surface area contributed by atoms with Gasteiger partial charge in [-0.15, -0.1) is 0 Å². The van der Waals surface area contributed by atoms with Crippen LogP contribution in [-0.4, -0.2) is 21.7 Å². The first-order valence-corrected chi connectivity index (χ1v) is 5.23. The molecule has 0 aromatic rings. The van der Waals surface area contributed by atoms with Crippen molar-refractivity contribution < 1.29 is 16.8 Å². The molecule has 0 aliphatic carbocycles. The normalized spacial score (nSPS) is 12.0. The summed E-state index contributed by atoms with van der Waals surface area (Å²) in [6.07, 6.45) is 2.78. The Morgan fingerprint density at radius 2 is 1.21 bits per heavy atom. The molecule has 0 atom stereocenters. The molecule has 0 saturated carbocycles. The molecule has 1 heterocycles. The smallest absolute Gasteiger partial charge is 0.415 e. The number of hydrogen-bond donors (Lipinski definition) is 3. The molecule has 1 rings (SSSR count). The maximum atomic E-state index is 4.66. The van der Waals surface area contributed by atoms with E-state index in [1.807, 2.05) is 0 Å². The van der Waals surface area contributed by atoms with Gasteiger partial charge in [0.15, 0.2) is 0 Å². The van der Waals surface area contributed by atoms with Crippen molar-refractivity contribution in [3.8, 4) is 0 Å². The van der Waals surface area contributed by atoms with Crippen LogP contribution in [0.4, 0.5) is 0 Å². The van der Waals surface area contributed by atoms with Gasteiger partial charge in [-0.05, 0) is 25.9 Å². The zero-order chi connectivity index (χ0) is 10.7. The molecule has 85 valence electrons. The van der Waals surface area contributed by atoms with Crippen molar-refractivity contribution >= 4 is 58.3 Å². The van der Waals surface area contributed by atoms with Gasteiger partial charge in [0.1, 0.15) is 0 Å². The molecule has 1 aliphatic heterocycles. The zero-order valence-corrected chi connectivity index (χ0v) is 11.8. The molecular weight excluding hydrogens is 301 g/mol. The van der Waals surface area contributed by atoms with Crippen molar-refractivity contribution in [3.05, 3.63) is 0 Å². The second-order valence-corrected chi connectivity index (χ2v) is 4.37. The predicted octanol–water partition coefficient (Wildman–Crippen LogP) is -0.0789. The first kappa shape index (κ1) is 20.1. The Labute approximate surface area is 117 Å². The van der Waals surface area contributed by atoms with Gasteiger partial charge in [0, 0.05) is 0 Å². The van der Waals surface area contributed by atoms with E-state index in [0.717, 1.165) is 0 Å². The summed E-state index contributed by atoms with van der Waals surface area (Å²) in [6, 6.07) is 0. The summed E-state index contributed by atoms with van der Waals surface area (Å²) in [7, 11) is 0. The van der Waals surface area contributed by atoms with Crippen LogP contribution in [0.1, 0.15) is 12.8 Å². The predicted molar refractivity (Wildman–Crippen MR) is 70.4 cm³/mol. The number of nitrogens with two attached hydrogens (primary N) is 2. The van der Waals surface area contributed by atoms with Crippen LogP contribution in [0, 0.1) is 0 Å². The summed E-state index contributed by atoms with van der Waals surface area (Å²) in [4.78, 5) is 0. The van der Waals surface area contributed by atoms with E-state index in [9.17, 15) is 0 Å². The summed E-state index contributed by atoms with van der Waals surface area (Å²) < 4.78 is 0.167. The third-order valence-electron chi connectivity index (χ3n) is 0.957. The number of rotatable bonds is 0. The second kappa shape index (κ2) is 16.1. The first-order chi connectivity index (χ1) is 5.96. The first-order valence-electron chi connectivity index (χ1n) is 3.60. The van der Waals surface area contributed by atoms with Gasteiger partial charge in [-0.3, -0.25) is 0 Å². The van der Waals surface area contributed by atoms with Crippen molar-refractivity contribution in [3.63, 3.8) is 0 Å². The molecule has 1 saturated heterocycles. The summed E-state index contributed by atoms with van der Waals surface area (Å²) in [5.74, 6) is 0. The fraction of sp³-hybridized carbons (Fsp3) is 0.667. The molecule has 0 amide bonds. The van der Waals surface area contributed by atoms with E-state index >= 15 is 0 Å². The molecule has 0 unspecified atom stereocenters. The van der Waals surface area contributed by atoms with Crippen molar-refractivity contribution in [2.45, 2.75) is 12.8 Å². The molecule has 5 N–H and O–H groups in total. The summed E-state index contributed by atoms with van der Waals surface area (Å²) in [5.41, 5.74) is 9.31. The van der Waals surface area contributed by atoms with Crippen molar-refractivity contribution in [2.75, 3.05) is 13.1 Å². The Morgan fingerprint density at radius 3 is 1.29 bits per heavy atom. The molecule has 1 radical (unpaired) electrons. The quantitative estimate of drug-likeness (QED) is 0.427. The Balaban J connectivity index is -0.000000127. The van der Waals surface area contributed by atoms with Gasteiger partial charge in [-0.1, -0.05) is 8.64 Å². The summed E-state index contributed by atoms with van der Waals surface area (Å²) in [6.45, 7) is 2.50. The number of hydrogen-bond acceptors (Lipinski definition) is 5. The van der Waals surface area contributed by atoms with Crippen LogP contribution in [0.5, 0.6) is 0 Å². The van der Waals surface area contributed by atoms with E-state index in [1.165, 1.54) is 25.9 Å². The Kier molecular flexibility index (Phi) is 23.2. The standard InChI is InChI=1S/C4H9N.2CH3NS2.Co/c1-2-4-5-3-1;2*2-1(3)4;/h5H,1-4H2;2*(H3,2,3,4);/q;;;+2/p-2. The SMILES string of the molecule is C1CCNC1.NC(=S)[S-].NC(=S)[S-].[Co+2]. The van der Waals surface area contributed by atoms with E-state index in [-0.39, 0.29) is 25.4 Å². The van der Waals surface area contributed by atoms with Gasteiger partial charge in [0.2, 0.25) is 0 Å². The Bertz CT molecular complexity index is 124. The Hall–Kier alpha value is 0.686. The largest absolute Gasteiger partial charge is 2.00 e. The maximum absolute atomic E-state index is 4.66. The molecule has 14 heavy (non-hydrogen) atoms.